The van der Waals surface area contributed by atoms with Crippen LogP contribution in [-0.4, -0.2) is 66.6 Å². The number of unbranched alkanes of at least 4 members (excludes halogenated alkanes) is 2. The maximum atomic E-state index is 12.2. The van der Waals surface area contributed by atoms with Crippen LogP contribution in [-0.2, 0) is 0 Å². The third-order valence-corrected chi connectivity index (χ3v) is 5.88. The van der Waals surface area contributed by atoms with Crippen LogP contribution in [0.4, 0.5) is 4.79 Å². The van der Waals surface area contributed by atoms with Crippen molar-refractivity contribution >= 4 is 17.8 Å². The van der Waals surface area contributed by atoms with Gasteiger partial charge in [0.05, 0.1) is 0 Å². The van der Waals surface area contributed by atoms with Gasteiger partial charge in [0.1, 0.15) is 0 Å². The molecule has 0 radical (unpaired) electrons. The molecule has 128 valence electrons. The minimum absolute atomic E-state index is 0.144. The van der Waals surface area contributed by atoms with Gasteiger partial charge in [-0.05, 0) is 57.0 Å². The normalized spacial score (nSPS) is 24.0. The number of carbonyl (C=O) groups excluding carboxylic acids is 1. The molecule has 1 N–H and O–H groups in total. The molecule has 0 unspecified atom stereocenters. The Morgan fingerprint density at radius 2 is 1.95 bits per heavy atom. The van der Waals surface area contributed by atoms with Gasteiger partial charge in [0.2, 0.25) is 0 Å². The van der Waals surface area contributed by atoms with E-state index >= 15 is 0 Å². The number of hydrogen-bond acceptors (Lipinski definition) is 3. The summed E-state index contributed by atoms with van der Waals surface area (Å²) < 4.78 is 0. The van der Waals surface area contributed by atoms with Crippen molar-refractivity contribution in [2.75, 3.05) is 50.8 Å². The summed E-state index contributed by atoms with van der Waals surface area (Å²) in [6.45, 7) is 8.71. The molecule has 2 fully saturated rings. The molecular weight excluding hydrogens is 294 g/mol. The van der Waals surface area contributed by atoms with E-state index in [1.807, 2.05) is 16.7 Å². The van der Waals surface area contributed by atoms with E-state index in [0.717, 1.165) is 31.8 Å². The lowest BCUT2D eigenvalue weighted by molar-refractivity contribution is 0.195. The number of hydrogen-bond donors (Lipinski definition) is 1. The van der Waals surface area contributed by atoms with Crippen LogP contribution in [0, 0.1) is 5.92 Å². The number of urea groups is 1. The molecule has 0 aliphatic carbocycles. The summed E-state index contributed by atoms with van der Waals surface area (Å²) in [6, 6.07) is 0.144. The third kappa shape index (κ3) is 6.78. The van der Waals surface area contributed by atoms with Crippen LogP contribution in [0.2, 0.25) is 0 Å². The summed E-state index contributed by atoms with van der Waals surface area (Å²) in [7, 11) is 0. The Kier molecular flexibility index (Phi) is 8.45. The summed E-state index contributed by atoms with van der Waals surface area (Å²) in [5.41, 5.74) is 0. The van der Waals surface area contributed by atoms with Gasteiger partial charge in [-0.2, -0.15) is 11.8 Å². The number of rotatable bonds is 6. The first-order valence-electron chi connectivity index (χ1n) is 9.08. The van der Waals surface area contributed by atoms with Gasteiger partial charge in [0.15, 0.2) is 0 Å². The molecule has 2 aliphatic rings. The van der Waals surface area contributed by atoms with E-state index in [1.54, 1.807) is 0 Å². The van der Waals surface area contributed by atoms with Crippen molar-refractivity contribution in [2.24, 2.45) is 5.92 Å². The molecule has 0 aromatic carbocycles. The summed E-state index contributed by atoms with van der Waals surface area (Å²) in [4.78, 5) is 16.8. The van der Waals surface area contributed by atoms with Crippen LogP contribution in [0.25, 0.3) is 0 Å². The Morgan fingerprint density at radius 1 is 1.14 bits per heavy atom. The van der Waals surface area contributed by atoms with Crippen molar-refractivity contribution in [3.8, 4) is 0 Å². The fraction of sp³-hybridized carbons (Fsp3) is 0.941. The van der Waals surface area contributed by atoms with E-state index in [4.69, 9.17) is 0 Å². The lowest BCUT2D eigenvalue weighted by Crippen LogP contribution is -2.42. The molecule has 5 heteroatoms. The van der Waals surface area contributed by atoms with Crippen molar-refractivity contribution in [1.82, 2.24) is 15.1 Å². The van der Waals surface area contributed by atoms with E-state index in [9.17, 15) is 4.79 Å². The fourth-order valence-corrected chi connectivity index (χ4v) is 4.32. The zero-order chi connectivity index (χ0) is 15.6. The Labute approximate surface area is 140 Å². The number of nitrogens with one attached hydrogen (secondary N) is 1. The number of amides is 2. The van der Waals surface area contributed by atoms with Crippen LogP contribution in [0.3, 0.4) is 0 Å². The lowest BCUT2D eigenvalue weighted by Gasteiger charge is -2.26. The molecule has 2 rings (SSSR count). The van der Waals surface area contributed by atoms with Gasteiger partial charge in [-0.25, -0.2) is 4.79 Å². The molecule has 0 aromatic heterocycles. The van der Waals surface area contributed by atoms with Crippen LogP contribution < -0.4 is 5.32 Å². The van der Waals surface area contributed by atoms with E-state index < -0.39 is 0 Å². The van der Waals surface area contributed by atoms with Gasteiger partial charge in [-0.1, -0.05) is 19.8 Å². The number of thioether (sulfide) groups is 1. The SMILES string of the molecule is C[C@@H]1CSCCN(C(=O)NCCCCCN2CCCCC2)C1. The average molecular weight is 328 g/mol. The topological polar surface area (TPSA) is 35.6 Å². The zero-order valence-corrected chi connectivity index (χ0v) is 15.0. The highest BCUT2D eigenvalue weighted by Crippen LogP contribution is 2.15. The first-order valence-corrected chi connectivity index (χ1v) is 10.2. The number of carbonyl (C=O) groups is 1. The maximum Gasteiger partial charge on any atom is 0.317 e. The van der Waals surface area contributed by atoms with Crippen LogP contribution in [0.1, 0.15) is 45.4 Å². The second-order valence-electron chi connectivity index (χ2n) is 6.82. The first kappa shape index (κ1) is 17.9. The van der Waals surface area contributed by atoms with E-state index in [-0.39, 0.29) is 6.03 Å². The monoisotopic (exact) mass is 327 g/mol. The number of piperidine rings is 1. The van der Waals surface area contributed by atoms with Crippen molar-refractivity contribution in [3.63, 3.8) is 0 Å². The Morgan fingerprint density at radius 3 is 2.77 bits per heavy atom. The van der Waals surface area contributed by atoms with Crippen molar-refractivity contribution in [1.29, 1.82) is 0 Å². The average Bonchev–Trinajstić information content (AvgIpc) is 2.76. The molecule has 2 aliphatic heterocycles. The summed E-state index contributed by atoms with van der Waals surface area (Å²) in [5.74, 6) is 2.87. The summed E-state index contributed by atoms with van der Waals surface area (Å²) in [6.07, 6.45) is 7.77. The second-order valence-corrected chi connectivity index (χ2v) is 7.97. The summed E-state index contributed by atoms with van der Waals surface area (Å²) in [5, 5.41) is 3.10. The Balaban J connectivity index is 1.49. The van der Waals surface area contributed by atoms with Gasteiger partial charge < -0.3 is 15.1 Å². The predicted molar refractivity (Wildman–Crippen MR) is 95.6 cm³/mol. The maximum absolute atomic E-state index is 12.2. The fourth-order valence-electron chi connectivity index (χ4n) is 3.29. The Bertz CT molecular complexity index is 321. The van der Waals surface area contributed by atoms with Gasteiger partial charge in [-0.3, -0.25) is 0 Å². The van der Waals surface area contributed by atoms with Gasteiger partial charge >= 0.3 is 6.03 Å². The minimum atomic E-state index is 0.144. The molecule has 4 nitrogen and oxygen atoms in total. The van der Waals surface area contributed by atoms with Crippen LogP contribution in [0.5, 0.6) is 0 Å². The van der Waals surface area contributed by atoms with Gasteiger partial charge in [0.25, 0.3) is 0 Å². The van der Waals surface area contributed by atoms with Gasteiger partial charge in [0, 0.05) is 25.4 Å². The van der Waals surface area contributed by atoms with Crippen molar-refractivity contribution in [2.45, 2.75) is 45.4 Å². The molecular formula is C17H33N3OS. The number of likely N-dealkylation sites (tertiary alicyclic amines) is 1. The molecule has 0 spiro atoms. The highest BCUT2D eigenvalue weighted by molar-refractivity contribution is 7.99. The van der Waals surface area contributed by atoms with Crippen molar-refractivity contribution < 1.29 is 4.79 Å². The quantitative estimate of drug-likeness (QED) is 0.762. The number of nitrogens with zero attached hydrogens (tertiary/aromatic N) is 2. The molecule has 0 saturated carbocycles. The van der Waals surface area contributed by atoms with E-state index in [0.29, 0.717) is 5.92 Å². The predicted octanol–water partition coefficient (Wildman–Crippen LogP) is 3.04. The van der Waals surface area contributed by atoms with E-state index in [2.05, 4.69) is 17.1 Å². The first-order chi connectivity index (χ1) is 10.8. The molecule has 22 heavy (non-hydrogen) atoms. The van der Waals surface area contributed by atoms with Crippen molar-refractivity contribution in [3.05, 3.63) is 0 Å². The highest BCUT2D eigenvalue weighted by Gasteiger charge is 2.19. The van der Waals surface area contributed by atoms with Gasteiger partial charge in [-0.15, -0.1) is 0 Å². The molecule has 2 saturated heterocycles. The summed E-state index contributed by atoms with van der Waals surface area (Å²) >= 11 is 1.97. The largest absolute Gasteiger partial charge is 0.338 e. The zero-order valence-electron chi connectivity index (χ0n) is 14.2. The van der Waals surface area contributed by atoms with Crippen LogP contribution in [0.15, 0.2) is 0 Å². The Hall–Kier alpha value is -0.420. The minimum Gasteiger partial charge on any atom is -0.338 e. The highest BCUT2D eigenvalue weighted by atomic mass is 32.2. The van der Waals surface area contributed by atoms with E-state index in [1.165, 1.54) is 57.5 Å². The molecule has 2 heterocycles. The standard InChI is InChI=1S/C17H33N3OS/c1-16-14-20(12-13-22-15-16)17(21)18-8-4-2-5-9-19-10-6-3-7-11-19/h16H,2-15H2,1H3,(H,18,21)/t16-/m0/s1. The molecule has 0 aromatic rings. The smallest absolute Gasteiger partial charge is 0.317 e. The lowest BCUT2D eigenvalue weighted by atomic mass is 10.1. The molecule has 2 amide bonds. The van der Waals surface area contributed by atoms with Crippen LogP contribution >= 0.6 is 11.8 Å². The molecule has 1 atom stereocenters. The third-order valence-electron chi connectivity index (χ3n) is 4.60. The molecule has 0 bridgehead atoms. The second kappa shape index (κ2) is 10.4.